The van der Waals surface area contributed by atoms with E-state index >= 15 is 0 Å². The van der Waals surface area contributed by atoms with Crippen LogP contribution in [0.4, 0.5) is 0 Å². The van der Waals surface area contributed by atoms with E-state index < -0.39 is 0 Å². The molecule has 1 atom stereocenters. The molecule has 0 bridgehead atoms. The van der Waals surface area contributed by atoms with E-state index in [2.05, 4.69) is 46.6 Å². The summed E-state index contributed by atoms with van der Waals surface area (Å²) in [4.78, 5) is 2.20. The summed E-state index contributed by atoms with van der Waals surface area (Å²) >= 11 is 0. The molecular formula is C20H26N4O2. The zero-order valence-corrected chi connectivity index (χ0v) is 15.7. The first-order chi connectivity index (χ1) is 12.6. The molecule has 138 valence electrons. The summed E-state index contributed by atoms with van der Waals surface area (Å²) in [7, 11) is 5.86. The number of nitrogens with zero attached hydrogens (tertiary/aromatic N) is 2. The van der Waals surface area contributed by atoms with Gasteiger partial charge in [0.05, 0.1) is 13.3 Å². The van der Waals surface area contributed by atoms with Gasteiger partial charge in [-0.3, -0.25) is 5.10 Å². The Morgan fingerprint density at radius 1 is 1.27 bits per heavy atom. The number of H-pyrrole nitrogens is 1. The molecule has 0 saturated heterocycles. The second-order valence-electron chi connectivity index (χ2n) is 6.57. The average Bonchev–Trinajstić information content (AvgIpc) is 3.27. The van der Waals surface area contributed by atoms with Crippen molar-refractivity contribution in [1.29, 1.82) is 0 Å². The molecule has 2 N–H and O–H groups in total. The predicted octanol–water partition coefficient (Wildman–Crippen LogP) is 3.38. The maximum Gasteiger partial charge on any atom is 0.152 e. The fourth-order valence-electron chi connectivity index (χ4n) is 3.02. The van der Waals surface area contributed by atoms with Gasteiger partial charge in [0.25, 0.3) is 0 Å². The number of benzene rings is 1. The Labute approximate surface area is 154 Å². The van der Waals surface area contributed by atoms with Crippen LogP contribution in [0.2, 0.25) is 0 Å². The average molecular weight is 354 g/mol. The van der Waals surface area contributed by atoms with Crippen LogP contribution >= 0.6 is 0 Å². The van der Waals surface area contributed by atoms with E-state index in [1.165, 1.54) is 5.56 Å². The molecular weight excluding hydrogens is 328 g/mol. The summed E-state index contributed by atoms with van der Waals surface area (Å²) in [5.74, 6) is 2.58. The van der Waals surface area contributed by atoms with Gasteiger partial charge in [-0.15, -0.1) is 0 Å². The molecule has 0 aliphatic rings. The minimum absolute atomic E-state index is 0.242. The number of nitrogens with one attached hydrogen (secondary N) is 2. The highest BCUT2D eigenvalue weighted by Crippen LogP contribution is 2.24. The molecule has 0 aliphatic heterocycles. The Kier molecular flexibility index (Phi) is 5.75. The van der Waals surface area contributed by atoms with E-state index in [-0.39, 0.29) is 6.04 Å². The molecule has 1 unspecified atom stereocenters. The highest BCUT2D eigenvalue weighted by Gasteiger charge is 2.16. The first-order valence-electron chi connectivity index (χ1n) is 8.68. The second-order valence-corrected chi connectivity index (χ2v) is 6.57. The summed E-state index contributed by atoms with van der Waals surface area (Å²) in [6.07, 6.45) is 1.84. The molecule has 0 saturated carbocycles. The Bertz CT molecular complexity index is 838. The van der Waals surface area contributed by atoms with E-state index in [4.69, 9.17) is 9.15 Å². The normalized spacial score (nSPS) is 12.5. The maximum absolute atomic E-state index is 5.71. The molecule has 2 aromatic heterocycles. The van der Waals surface area contributed by atoms with Crippen molar-refractivity contribution < 1.29 is 9.15 Å². The molecule has 0 spiro atoms. The number of aryl methyl sites for hydroxylation is 1. The Hall–Kier alpha value is -2.57. The number of hydrogen-bond acceptors (Lipinski definition) is 5. The van der Waals surface area contributed by atoms with Crippen molar-refractivity contribution in [3.05, 3.63) is 59.5 Å². The number of likely N-dealkylation sites (N-methyl/N-ethyl adjacent to an activating group) is 1. The van der Waals surface area contributed by atoms with Gasteiger partial charge in [-0.1, -0.05) is 12.1 Å². The third-order valence-corrected chi connectivity index (χ3v) is 4.46. The lowest BCUT2D eigenvalue weighted by Gasteiger charge is -2.25. The van der Waals surface area contributed by atoms with Crippen molar-refractivity contribution in [1.82, 2.24) is 20.4 Å². The number of ether oxygens (including phenoxy) is 1. The molecule has 3 aromatic rings. The number of methoxy groups -OCH3 is 1. The fraction of sp³-hybridized carbons (Fsp3) is 0.350. The summed E-state index contributed by atoms with van der Waals surface area (Å²) < 4.78 is 11.1. The highest BCUT2D eigenvalue weighted by atomic mass is 16.5. The second kappa shape index (κ2) is 8.21. The third kappa shape index (κ3) is 4.15. The van der Waals surface area contributed by atoms with Crippen LogP contribution in [-0.4, -0.2) is 42.8 Å². The summed E-state index contributed by atoms with van der Waals surface area (Å²) in [5, 5.41) is 10.7. The monoisotopic (exact) mass is 354 g/mol. The standard InChI is InChI=1S/C20H26N4O2/c1-14-8-9-19(26-14)20-16(12-22-23-20)11-21-13-18(24(2)3)15-6-5-7-17(10-15)25-4/h5-10,12,18,21H,11,13H2,1-4H3,(H,22,23). The number of furan rings is 1. The quantitative estimate of drug-likeness (QED) is 0.649. The molecule has 6 heteroatoms. The van der Waals surface area contributed by atoms with Crippen LogP contribution in [0.25, 0.3) is 11.5 Å². The molecule has 2 heterocycles. The SMILES string of the molecule is COc1cccc(C(CNCc2cn[nH]c2-c2ccc(C)o2)N(C)C)c1. The molecule has 0 fully saturated rings. The lowest BCUT2D eigenvalue weighted by atomic mass is 10.1. The number of hydrogen-bond donors (Lipinski definition) is 2. The van der Waals surface area contributed by atoms with Crippen molar-refractivity contribution in [3.8, 4) is 17.2 Å². The summed E-state index contributed by atoms with van der Waals surface area (Å²) in [6.45, 7) is 3.45. The van der Waals surface area contributed by atoms with E-state index in [0.29, 0.717) is 6.54 Å². The smallest absolute Gasteiger partial charge is 0.152 e. The van der Waals surface area contributed by atoms with Crippen LogP contribution in [0.5, 0.6) is 5.75 Å². The minimum Gasteiger partial charge on any atom is -0.497 e. The molecule has 1 aromatic carbocycles. The van der Waals surface area contributed by atoms with Crippen LogP contribution in [0.3, 0.4) is 0 Å². The van der Waals surface area contributed by atoms with Crippen LogP contribution in [0.1, 0.15) is 22.9 Å². The third-order valence-electron chi connectivity index (χ3n) is 4.46. The Balaban J connectivity index is 1.67. The van der Waals surface area contributed by atoms with Gasteiger partial charge >= 0.3 is 0 Å². The summed E-state index contributed by atoms with van der Waals surface area (Å²) in [6, 6.07) is 12.4. The maximum atomic E-state index is 5.71. The Morgan fingerprint density at radius 3 is 2.81 bits per heavy atom. The fourth-order valence-corrected chi connectivity index (χ4v) is 3.02. The lowest BCUT2D eigenvalue weighted by molar-refractivity contribution is 0.287. The number of rotatable bonds is 8. The van der Waals surface area contributed by atoms with Gasteiger partial charge in [0.1, 0.15) is 17.2 Å². The molecule has 0 aliphatic carbocycles. The highest BCUT2D eigenvalue weighted by molar-refractivity contribution is 5.56. The predicted molar refractivity (Wildman–Crippen MR) is 102 cm³/mol. The Morgan fingerprint density at radius 2 is 2.12 bits per heavy atom. The van der Waals surface area contributed by atoms with Crippen LogP contribution < -0.4 is 10.1 Å². The van der Waals surface area contributed by atoms with Crippen molar-refractivity contribution >= 4 is 0 Å². The zero-order chi connectivity index (χ0) is 18.5. The van der Waals surface area contributed by atoms with Crippen LogP contribution in [0, 0.1) is 6.92 Å². The first kappa shape index (κ1) is 18.2. The van der Waals surface area contributed by atoms with Crippen molar-refractivity contribution in [3.63, 3.8) is 0 Å². The number of aromatic amines is 1. The van der Waals surface area contributed by atoms with E-state index in [1.807, 2.05) is 37.4 Å². The van der Waals surface area contributed by atoms with E-state index in [1.54, 1.807) is 7.11 Å². The summed E-state index contributed by atoms with van der Waals surface area (Å²) in [5.41, 5.74) is 3.23. The van der Waals surface area contributed by atoms with Gasteiger partial charge in [0.2, 0.25) is 0 Å². The van der Waals surface area contributed by atoms with Crippen molar-refractivity contribution in [2.45, 2.75) is 19.5 Å². The lowest BCUT2D eigenvalue weighted by Crippen LogP contribution is -2.30. The van der Waals surface area contributed by atoms with Gasteiger partial charge in [0, 0.05) is 24.7 Å². The topological polar surface area (TPSA) is 66.3 Å². The molecule has 0 radical (unpaired) electrons. The van der Waals surface area contributed by atoms with Gasteiger partial charge in [0.15, 0.2) is 5.76 Å². The van der Waals surface area contributed by atoms with Gasteiger partial charge in [-0.05, 0) is 50.8 Å². The largest absolute Gasteiger partial charge is 0.497 e. The van der Waals surface area contributed by atoms with Gasteiger partial charge in [-0.25, -0.2) is 0 Å². The zero-order valence-electron chi connectivity index (χ0n) is 15.7. The first-order valence-corrected chi connectivity index (χ1v) is 8.68. The van der Waals surface area contributed by atoms with Crippen LogP contribution in [0.15, 0.2) is 47.0 Å². The molecule has 3 rings (SSSR count). The van der Waals surface area contributed by atoms with Crippen molar-refractivity contribution in [2.24, 2.45) is 0 Å². The molecule has 6 nitrogen and oxygen atoms in total. The minimum atomic E-state index is 0.242. The molecule has 26 heavy (non-hydrogen) atoms. The van der Waals surface area contributed by atoms with Gasteiger partial charge in [-0.2, -0.15) is 5.10 Å². The van der Waals surface area contributed by atoms with E-state index in [9.17, 15) is 0 Å². The van der Waals surface area contributed by atoms with Crippen LogP contribution in [-0.2, 0) is 6.54 Å². The van der Waals surface area contributed by atoms with Gasteiger partial charge < -0.3 is 19.4 Å². The molecule has 0 amide bonds. The van der Waals surface area contributed by atoms with Crippen molar-refractivity contribution in [2.75, 3.05) is 27.7 Å². The van der Waals surface area contributed by atoms with E-state index in [0.717, 1.165) is 35.1 Å². The number of aromatic nitrogens is 2.